The molecule has 0 unspecified atom stereocenters. The van der Waals surface area contributed by atoms with Crippen molar-refractivity contribution in [3.63, 3.8) is 0 Å². The van der Waals surface area contributed by atoms with Gasteiger partial charge in [0.25, 0.3) is 0 Å². The second-order valence-corrected chi connectivity index (χ2v) is 8.75. The van der Waals surface area contributed by atoms with Crippen LogP contribution in [0.1, 0.15) is 11.1 Å². The monoisotopic (exact) mass is 464 g/mol. The van der Waals surface area contributed by atoms with E-state index in [0.29, 0.717) is 18.9 Å². The Morgan fingerprint density at radius 3 is 2.57 bits per heavy atom. The Kier molecular flexibility index (Phi) is 4.77. The molecule has 0 aliphatic heterocycles. The third-order valence-corrected chi connectivity index (χ3v) is 6.48. The molecule has 6 aromatic rings. The number of imidazole rings is 1. The largest absolute Gasteiger partial charge is 0.383 e. The van der Waals surface area contributed by atoms with E-state index in [1.54, 1.807) is 35.6 Å². The molecular weight excluding hydrogens is 440 g/mol. The zero-order valence-electron chi connectivity index (χ0n) is 19.4. The molecule has 0 saturated heterocycles. The number of aromatic nitrogens is 6. The Bertz CT molecular complexity index is 1790. The van der Waals surface area contributed by atoms with Crippen LogP contribution in [0.2, 0.25) is 0 Å². The summed E-state index contributed by atoms with van der Waals surface area (Å²) in [6, 6.07) is 16.1. The summed E-state index contributed by atoms with van der Waals surface area (Å²) in [5, 5.41) is 11.2. The molecule has 4 heterocycles. The van der Waals surface area contributed by atoms with Gasteiger partial charge < -0.3 is 11.1 Å². The summed E-state index contributed by atoms with van der Waals surface area (Å²) < 4.78 is 5.24. The fourth-order valence-electron chi connectivity index (χ4n) is 4.60. The molecule has 6 rings (SSSR count). The van der Waals surface area contributed by atoms with Crippen LogP contribution < -0.4 is 16.7 Å². The van der Waals surface area contributed by atoms with Gasteiger partial charge in [0.15, 0.2) is 0 Å². The van der Waals surface area contributed by atoms with Gasteiger partial charge in [-0.3, -0.25) is 13.8 Å². The fourth-order valence-corrected chi connectivity index (χ4v) is 4.60. The molecule has 4 aromatic heterocycles. The molecule has 174 valence electrons. The Hall–Kier alpha value is -4.66. The van der Waals surface area contributed by atoms with E-state index in [4.69, 9.17) is 10.8 Å². The smallest absolute Gasteiger partial charge is 0.328 e. The number of benzene rings is 2. The standard InChI is InChI=1S/C26H24N8O/c1-32-22-6-4-17(12-23(22)33(2)26(32)35)14-34-15-20-21(31-34)8-10-29-25(20)30-13-16-3-5-19-18(11-16)7-9-28-24(19)27/h3-12,15H,13-14H2,1-2H3,(H2,27,28)(H,29,30). The second-order valence-electron chi connectivity index (χ2n) is 8.75. The number of nitrogen functional groups attached to an aromatic ring is 1. The van der Waals surface area contributed by atoms with Crippen LogP contribution in [-0.4, -0.2) is 28.9 Å². The number of pyridine rings is 2. The van der Waals surface area contributed by atoms with E-state index < -0.39 is 0 Å². The van der Waals surface area contributed by atoms with Gasteiger partial charge in [-0.05, 0) is 46.8 Å². The highest BCUT2D eigenvalue weighted by Crippen LogP contribution is 2.24. The quantitative estimate of drug-likeness (QED) is 0.405. The van der Waals surface area contributed by atoms with Crippen molar-refractivity contribution in [3.05, 3.63) is 88.7 Å². The summed E-state index contributed by atoms with van der Waals surface area (Å²) >= 11 is 0. The van der Waals surface area contributed by atoms with Crippen LogP contribution in [0.3, 0.4) is 0 Å². The maximum atomic E-state index is 12.2. The summed E-state index contributed by atoms with van der Waals surface area (Å²) in [6.07, 6.45) is 5.49. The summed E-state index contributed by atoms with van der Waals surface area (Å²) in [5.74, 6) is 1.32. The molecule has 9 heteroatoms. The van der Waals surface area contributed by atoms with Crippen molar-refractivity contribution < 1.29 is 0 Å². The van der Waals surface area contributed by atoms with Gasteiger partial charge in [-0.2, -0.15) is 5.10 Å². The molecule has 9 nitrogen and oxygen atoms in total. The van der Waals surface area contributed by atoms with E-state index in [0.717, 1.165) is 49.7 Å². The normalized spacial score (nSPS) is 11.6. The number of nitrogens with two attached hydrogens (primary N) is 1. The molecule has 0 aliphatic rings. The third-order valence-electron chi connectivity index (χ3n) is 6.48. The van der Waals surface area contributed by atoms with Crippen LogP contribution in [0.4, 0.5) is 11.6 Å². The molecule has 35 heavy (non-hydrogen) atoms. The second kappa shape index (κ2) is 7.98. The van der Waals surface area contributed by atoms with Crippen LogP contribution in [0, 0.1) is 0 Å². The summed E-state index contributed by atoms with van der Waals surface area (Å²) in [4.78, 5) is 20.9. The summed E-state index contributed by atoms with van der Waals surface area (Å²) in [5.41, 5.74) is 10.8. The first-order valence-electron chi connectivity index (χ1n) is 11.3. The zero-order chi connectivity index (χ0) is 24.1. The van der Waals surface area contributed by atoms with E-state index >= 15 is 0 Å². The summed E-state index contributed by atoms with van der Waals surface area (Å²) in [7, 11) is 3.58. The first-order chi connectivity index (χ1) is 17.0. The van der Waals surface area contributed by atoms with Crippen LogP contribution >= 0.6 is 0 Å². The predicted octanol–water partition coefficient (Wildman–Crippen LogP) is 3.41. The molecule has 0 saturated carbocycles. The highest BCUT2D eigenvalue weighted by molar-refractivity contribution is 5.91. The molecule has 2 aromatic carbocycles. The molecule has 0 radical (unpaired) electrons. The van der Waals surface area contributed by atoms with Crippen LogP contribution in [0.5, 0.6) is 0 Å². The lowest BCUT2D eigenvalue weighted by Gasteiger charge is -2.08. The molecule has 0 fully saturated rings. The number of aryl methyl sites for hydroxylation is 2. The van der Waals surface area contributed by atoms with E-state index in [9.17, 15) is 4.79 Å². The first-order valence-corrected chi connectivity index (χ1v) is 11.3. The Labute approximate surface area is 200 Å². The molecule has 3 N–H and O–H groups in total. The lowest BCUT2D eigenvalue weighted by atomic mass is 10.1. The first kappa shape index (κ1) is 20.9. The van der Waals surface area contributed by atoms with Crippen LogP contribution in [0.25, 0.3) is 32.7 Å². The minimum atomic E-state index is -0.0321. The van der Waals surface area contributed by atoms with E-state index in [1.807, 2.05) is 53.3 Å². The number of rotatable bonds is 5. The van der Waals surface area contributed by atoms with Gasteiger partial charge in [0.1, 0.15) is 11.6 Å². The maximum absolute atomic E-state index is 12.2. The third kappa shape index (κ3) is 3.57. The van der Waals surface area contributed by atoms with Crippen LogP contribution in [-0.2, 0) is 27.2 Å². The number of hydrogen-bond donors (Lipinski definition) is 2. The molecule has 0 aliphatic carbocycles. The van der Waals surface area contributed by atoms with Gasteiger partial charge >= 0.3 is 5.69 Å². The van der Waals surface area contributed by atoms with Gasteiger partial charge in [-0.1, -0.05) is 18.2 Å². The minimum Gasteiger partial charge on any atom is -0.383 e. The maximum Gasteiger partial charge on any atom is 0.328 e. The lowest BCUT2D eigenvalue weighted by Crippen LogP contribution is -2.19. The van der Waals surface area contributed by atoms with Crippen molar-refractivity contribution in [3.8, 4) is 0 Å². The van der Waals surface area contributed by atoms with Gasteiger partial charge in [0, 0.05) is 44.6 Å². The molecule has 0 amide bonds. The van der Waals surface area contributed by atoms with Crippen LogP contribution in [0.15, 0.2) is 71.9 Å². The van der Waals surface area contributed by atoms with Crippen molar-refractivity contribution in [2.75, 3.05) is 11.1 Å². The van der Waals surface area contributed by atoms with Gasteiger partial charge in [-0.25, -0.2) is 14.8 Å². The van der Waals surface area contributed by atoms with Crippen molar-refractivity contribution >= 4 is 44.3 Å². The summed E-state index contributed by atoms with van der Waals surface area (Å²) in [6.45, 7) is 1.21. The number of nitrogens with one attached hydrogen (secondary N) is 1. The van der Waals surface area contributed by atoms with Crippen molar-refractivity contribution in [1.82, 2.24) is 28.9 Å². The topological polar surface area (TPSA) is 109 Å². The van der Waals surface area contributed by atoms with Gasteiger partial charge in [0.05, 0.1) is 28.5 Å². The van der Waals surface area contributed by atoms with E-state index in [2.05, 4.69) is 21.4 Å². The molecular formula is C26H24N8O. The predicted molar refractivity (Wildman–Crippen MR) is 138 cm³/mol. The molecule has 0 bridgehead atoms. The fraction of sp³-hybridized carbons (Fsp3) is 0.154. The number of anilines is 2. The Morgan fingerprint density at radius 2 is 1.69 bits per heavy atom. The number of fused-ring (bicyclic) bond motifs is 3. The SMILES string of the molecule is Cn1c(=O)n(C)c2cc(Cn3cc4c(NCc5ccc6c(N)nccc6c5)nccc4n3)ccc21. The Morgan fingerprint density at radius 1 is 0.886 bits per heavy atom. The van der Waals surface area contributed by atoms with Crippen molar-refractivity contribution in [2.24, 2.45) is 14.1 Å². The number of hydrogen-bond acceptors (Lipinski definition) is 6. The van der Waals surface area contributed by atoms with E-state index in [1.165, 1.54) is 0 Å². The highest BCUT2D eigenvalue weighted by atomic mass is 16.1. The molecule has 0 spiro atoms. The Balaban J connectivity index is 1.26. The average molecular weight is 465 g/mol. The lowest BCUT2D eigenvalue weighted by molar-refractivity contribution is 0.696. The van der Waals surface area contributed by atoms with Crippen molar-refractivity contribution in [2.45, 2.75) is 13.1 Å². The average Bonchev–Trinajstić information content (AvgIpc) is 3.37. The van der Waals surface area contributed by atoms with Gasteiger partial charge in [0.2, 0.25) is 0 Å². The highest BCUT2D eigenvalue weighted by Gasteiger charge is 2.11. The number of nitrogens with zero attached hydrogens (tertiary/aromatic N) is 6. The minimum absolute atomic E-state index is 0.0321. The zero-order valence-corrected chi connectivity index (χ0v) is 19.4. The van der Waals surface area contributed by atoms with Crippen molar-refractivity contribution in [1.29, 1.82) is 0 Å². The van der Waals surface area contributed by atoms with E-state index in [-0.39, 0.29) is 5.69 Å². The molecule has 0 atom stereocenters. The van der Waals surface area contributed by atoms with Gasteiger partial charge in [-0.15, -0.1) is 0 Å².